The largest absolute Gasteiger partial charge is 0.348 e. The normalized spacial score (nSPS) is 10.4. The van der Waals surface area contributed by atoms with Crippen LogP contribution in [0.2, 0.25) is 0 Å². The van der Waals surface area contributed by atoms with Gasteiger partial charge in [-0.2, -0.15) is 0 Å². The average Bonchev–Trinajstić information content (AvgIpc) is 2.70. The van der Waals surface area contributed by atoms with Crippen molar-refractivity contribution in [2.24, 2.45) is 0 Å². The number of carbonyl (C=O) groups is 2. The van der Waals surface area contributed by atoms with Crippen LogP contribution in [0.25, 0.3) is 0 Å². The van der Waals surface area contributed by atoms with Crippen LogP contribution in [-0.2, 0) is 6.54 Å². The number of carbonyl (C=O) groups excluding carboxylic acids is 2. The lowest BCUT2D eigenvalue weighted by atomic mass is 10.1. The van der Waals surface area contributed by atoms with Crippen LogP contribution in [-0.4, -0.2) is 16.8 Å². The van der Waals surface area contributed by atoms with E-state index >= 15 is 0 Å². The predicted molar refractivity (Wildman–Crippen MR) is 101 cm³/mol. The van der Waals surface area contributed by atoms with E-state index in [0.717, 1.165) is 23.3 Å². The third-order valence-corrected chi connectivity index (χ3v) is 4.16. The van der Waals surface area contributed by atoms with Gasteiger partial charge in [0.1, 0.15) is 23.0 Å². The molecule has 1 aromatic heterocycles. The van der Waals surface area contributed by atoms with Gasteiger partial charge in [0.2, 0.25) is 0 Å². The second-order valence-corrected chi connectivity index (χ2v) is 6.09. The molecule has 0 radical (unpaired) electrons. The molecule has 0 aliphatic rings. The number of hydrogen-bond donors (Lipinski definition) is 2. The van der Waals surface area contributed by atoms with E-state index in [1.165, 1.54) is 24.4 Å². The summed E-state index contributed by atoms with van der Waals surface area (Å²) in [6.07, 6.45) is 1.29. The van der Waals surface area contributed by atoms with Crippen LogP contribution in [0.5, 0.6) is 0 Å². The predicted octanol–water partition coefficient (Wildman–Crippen LogP) is 3.85. The molecular weight excluding hydrogens is 364 g/mol. The Labute approximate surface area is 160 Å². The second-order valence-electron chi connectivity index (χ2n) is 6.09. The van der Waals surface area contributed by atoms with Crippen LogP contribution in [0.3, 0.4) is 0 Å². The molecule has 0 saturated heterocycles. The molecule has 28 heavy (non-hydrogen) atoms. The topological polar surface area (TPSA) is 71.1 Å². The Bertz CT molecular complexity index is 1020. The van der Waals surface area contributed by atoms with Crippen LogP contribution >= 0.6 is 0 Å². The maximum atomic E-state index is 13.7. The van der Waals surface area contributed by atoms with Gasteiger partial charge < -0.3 is 10.6 Å². The first-order chi connectivity index (χ1) is 13.5. The molecule has 0 aliphatic heterocycles. The Balaban J connectivity index is 1.72. The number of para-hydroxylation sites is 1. The number of aromatic nitrogens is 1. The monoisotopic (exact) mass is 381 g/mol. The number of rotatable bonds is 5. The van der Waals surface area contributed by atoms with Gasteiger partial charge >= 0.3 is 0 Å². The van der Waals surface area contributed by atoms with Gasteiger partial charge in [0.25, 0.3) is 11.8 Å². The summed E-state index contributed by atoms with van der Waals surface area (Å²) in [4.78, 5) is 28.5. The number of benzene rings is 2. The molecule has 0 aliphatic carbocycles. The Morgan fingerprint density at radius 2 is 1.68 bits per heavy atom. The zero-order chi connectivity index (χ0) is 20.1. The van der Waals surface area contributed by atoms with Gasteiger partial charge in [-0.15, -0.1) is 0 Å². The Morgan fingerprint density at radius 3 is 2.39 bits per heavy atom. The molecule has 5 nitrogen and oxygen atoms in total. The van der Waals surface area contributed by atoms with Crippen molar-refractivity contribution in [3.8, 4) is 0 Å². The zero-order valence-electron chi connectivity index (χ0n) is 15.0. The lowest BCUT2D eigenvalue weighted by Gasteiger charge is -2.09. The van der Waals surface area contributed by atoms with E-state index in [-0.39, 0.29) is 11.3 Å². The number of halogens is 2. The van der Waals surface area contributed by atoms with E-state index in [1.54, 1.807) is 0 Å². The van der Waals surface area contributed by atoms with E-state index in [9.17, 15) is 18.4 Å². The summed E-state index contributed by atoms with van der Waals surface area (Å²) in [5.41, 5.74) is 1.53. The summed E-state index contributed by atoms with van der Waals surface area (Å²) >= 11 is 0. The van der Waals surface area contributed by atoms with Crippen molar-refractivity contribution in [1.82, 2.24) is 10.3 Å². The molecule has 0 spiro atoms. The maximum absolute atomic E-state index is 13.7. The highest BCUT2D eigenvalue weighted by molar-refractivity contribution is 6.04. The first-order valence-corrected chi connectivity index (χ1v) is 8.50. The molecule has 7 heteroatoms. The highest BCUT2D eigenvalue weighted by Crippen LogP contribution is 2.19. The van der Waals surface area contributed by atoms with Gasteiger partial charge in [0, 0.05) is 18.3 Å². The summed E-state index contributed by atoms with van der Waals surface area (Å²) in [6.45, 7) is 2.27. The number of pyridine rings is 1. The number of amides is 2. The standard InChI is InChI=1S/C21H17F2N3O2/c1-13-5-2-3-6-15(13)12-25-20(27)14-9-10-24-18(11-14)21(28)26-19-16(22)7-4-8-17(19)23/h2-11H,12H2,1H3,(H,25,27)(H,26,28). The lowest BCUT2D eigenvalue weighted by molar-refractivity contribution is 0.0950. The highest BCUT2D eigenvalue weighted by Gasteiger charge is 2.16. The average molecular weight is 381 g/mol. The third kappa shape index (κ3) is 4.37. The number of anilines is 1. The summed E-state index contributed by atoms with van der Waals surface area (Å²) in [7, 11) is 0. The van der Waals surface area contributed by atoms with Crippen molar-refractivity contribution in [2.45, 2.75) is 13.5 Å². The third-order valence-electron chi connectivity index (χ3n) is 4.16. The van der Waals surface area contributed by atoms with E-state index < -0.39 is 29.1 Å². The van der Waals surface area contributed by atoms with Crippen LogP contribution in [0.15, 0.2) is 60.8 Å². The number of aryl methyl sites for hydroxylation is 1. The molecule has 0 bridgehead atoms. The van der Waals surface area contributed by atoms with Crippen molar-refractivity contribution in [2.75, 3.05) is 5.32 Å². The highest BCUT2D eigenvalue weighted by atomic mass is 19.1. The molecule has 0 fully saturated rings. The number of nitrogens with zero attached hydrogens (tertiary/aromatic N) is 1. The maximum Gasteiger partial charge on any atom is 0.274 e. The smallest absolute Gasteiger partial charge is 0.274 e. The molecule has 2 amide bonds. The fraction of sp³-hybridized carbons (Fsp3) is 0.0952. The fourth-order valence-electron chi connectivity index (χ4n) is 2.58. The zero-order valence-corrected chi connectivity index (χ0v) is 15.0. The second kappa shape index (κ2) is 8.39. The van der Waals surface area contributed by atoms with Crippen molar-refractivity contribution in [3.05, 3.63) is 94.8 Å². The van der Waals surface area contributed by atoms with Crippen LogP contribution in [0, 0.1) is 18.6 Å². The quantitative estimate of drug-likeness (QED) is 0.705. The molecule has 0 saturated carbocycles. The van der Waals surface area contributed by atoms with E-state index in [1.807, 2.05) is 31.2 Å². The Morgan fingerprint density at radius 1 is 0.964 bits per heavy atom. The van der Waals surface area contributed by atoms with Gasteiger partial charge in [-0.25, -0.2) is 8.78 Å². The van der Waals surface area contributed by atoms with Gasteiger partial charge in [-0.3, -0.25) is 14.6 Å². The van der Waals surface area contributed by atoms with Crippen molar-refractivity contribution in [3.63, 3.8) is 0 Å². The molecule has 2 aromatic carbocycles. The Kier molecular flexibility index (Phi) is 5.74. The van der Waals surface area contributed by atoms with Crippen molar-refractivity contribution in [1.29, 1.82) is 0 Å². The lowest BCUT2D eigenvalue weighted by Crippen LogP contribution is -2.24. The van der Waals surface area contributed by atoms with Crippen molar-refractivity contribution >= 4 is 17.5 Å². The van der Waals surface area contributed by atoms with Gasteiger partial charge in [-0.05, 0) is 42.3 Å². The van der Waals surface area contributed by atoms with Gasteiger partial charge in [-0.1, -0.05) is 30.3 Å². The minimum absolute atomic E-state index is 0.133. The molecule has 0 unspecified atom stereocenters. The molecule has 1 heterocycles. The first kappa shape index (κ1) is 19.2. The summed E-state index contributed by atoms with van der Waals surface area (Å²) in [6, 6.07) is 13.6. The molecular formula is C21H17F2N3O2. The van der Waals surface area contributed by atoms with E-state index in [2.05, 4.69) is 15.6 Å². The molecule has 3 aromatic rings. The van der Waals surface area contributed by atoms with E-state index in [4.69, 9.17) is 0 Å². The number of hydrogen-bond acceptors (Lipinski definition) is 3. The summed E-state index contributed by atoms with van der Waals surface area (Å²) < 4.78 is 27.4. The number of nitrogens with one attached hydrogen (secondary N) is 2. The van der Waals surface area contributed by atoms with E-state index in [0.29, 0.717) is 6.54 Å². The fourth-order valence-corrected chi connectivity index (χ4v) is 2.58. The molecule has 0 atom stereocenters. The summed E-state index contributed by atoms with van der Waals surface area (Å²) in [5.74, 6) is -3.02. The minimum atomic E-state index is -0.902. The summed E-state index contributed by atoms with van der Waals surface area (Å²) in [5, 5.41) is 4.91. The minimum Gasteiger partial charge on any atom is -0.348 e. The van der Waals surface area contributed by atoms with Crippen LogP contribution in [0.4, 0.5) is 14.5 Å². The molecule has 142 valence electrons. The van der Waals surface area contributed by atoms with Crippen LogP contribution < -0.4 is 10.6 Å². The van der Waals surface area contributed by atoms with Crippen molar-refractivity contribution < 1.29 is 18.4 Å². The SMILES string of the molecule is Cc1ccccc1CNC(=O)c1ccnc(C(=O)Nc2c(F)cccc2F)c1. The Hall–Kier alpha value is -3.61. The van der Waals surface area contributed by atoms with Gasteiger partial charge in [0.15, 0.2) is 0 Å². The van der Waals surface area contributed by atoms with Gasteiger partial charge in [0.05, 0.1) is 0 Å². The molecule has 3 rings (SSSR count). The van der Waals surface area contributed by atoms with Crippen LogP contribution in [0.1, 0.15) is 32.0 Å². The molecule has 2 N–H and O–H groups in total. The first-order valence-electron chi connectivity index (χ1n) is 8.50.